The highest BCUT2D eigenvalue weighted by atomic mass is 19.1. The lowest BCUT2D eigenvalue weighted by Crippen LogP contribution is -2.47. The Morgan fingerprint density at radius 3 is 2.04 bits per heavy atom. The first-order chi connectivity index (χ1) is 12.0. The van der Waals surface area contributed by atoms with Gasteiger partial charge in [0.15, 0.2) is 0 Å². The summed E-state index contributed by atoms with van der Waals surface area (Å²) in [4.78, 5) is 27.9. The molecule has 0 bridgehead atoms. The number of nitrogens with zero attached hydrogens (tertiary/aromatic N) is 2. The molecule has 0 aromatic heterocycles. The molecule has 2 heterocycles. The molecule has 2 aliphatic rings. The fourth-order valence-electron chi connectivity index (χ4n) is 3.28. The third-order valence-corrected chi connectivity index (χ3v) is 4.67. The molecule has 1 aromatic rings. The van der Waals surface area contributed by atoms with E-state index >= 15 is 0 Å². The van der Waals surface area contributed by atoms with Crippen molar-refractivity contribution in [3.63, 3.8) is 0 Å². The molecule has 0 N–H and O–H groups in total. The third kappa shape index (κ3) is 3.78. The zero-order valence-corrected chi connectivity index (χ0v) is 13.6. The lowest BCUT2D eigenvalue weighted by atomic mass is 9.94. The molecule has 25 heavy (non-hydrogen) atoms. The Balaban J connectivity index is 1.62. The molecule has 2 fully saturated rings. The largest absolute Gasteiger partial charge is 0.378 e. The fraction of sp³-hybridized carbons (Fsp3) is 0.529. The average molecular weight is 356 g/mol. The molecule has 0 atom stereocenters. The predicted octanol–water partition coefficient (Wildman–Crippen LogP) is 1.81. The number of piperidine rings is 1. The van der Waals surface area contributed by atoms with Gasteiger partial charge in [0.25, 0.3) is 5.91 Å². The van der Waals surface area contributed by atoms with Crippen molar-refractivity contribution in [1.82, 2.24) is 9.80 Å². The Morgan fingerprint density at radius 2 is 1.48 bits per heavy atom. The van der Waals surface area contributed by atoms with Crippen molar-refractivity contribution in [1.29, 1.82) is 0 Å². The smallest absolute Gasteiger partial charge is 0.259 e. The molecule has 8 heteroatoms. The highest BCUT2D eigenvalue weighted by Crippen LogP contribution is 2.24. The van der Waals surface area contributed by atoms with Crippen LogP contribution in [0.4, 0.5) is 13.2 Å². The van der Waals surface area contributed by atoms with E-state index < -0.39 is 28.9 Å². The molecule has 136 valence electrons. The van der Waals surface area contributed by atoms with Crippen LogP contribution in [0.25, 0.3) is 0 Å². The number of hydrogen-bond acceptors (Lipinski definition) is 3. The van der Waals surface area contributed by atoms with Gasteiger partial charge in [-0.3, -0.25) is 9.59 Å². The first-order valence-corrected chi connectivity index (χ1v) is 8.27. The quantitative estimate of drug-likeness (QED) is 0.812. The van der Waals surface area contributed by atoms with Gasteiger partial charge < -0.3 is 14.5 Å². The van der Waals surface area contributed by atoms with E-state index in [-0.39, 0.29) is 24.9 Å². The van der Waals surface area contributed by atoms with Gasteiger partial charge in [0.2, 0.25) is 5.91 Å². The molecule has 0 saturated carbocycles. The van der Waals surface area contributed by atoms with Crippen molar-refractivity contribution in [2.75, 3.05) is 39.4 Å². The Hall–Kier alpha value is -2.09. The molecule has 0 aliphatic carbocycles. The number of amides is 2. The van der Waals surface area contributed by atoms with Crippen molar-refractivity contribution >= 4 is 11.8 Å². The third-order valence-electron chi connectivity index (χ3n) is 4.67. The normalized spacial score (nSPS) is 19.2. The number of ether oxygens (including phenoxy) is 1. The number of likely N-dealkylation sites (tertiary alicyclic amines) is 1. The van der Waals surface area contributed by atoms with E-state index in [4.69, 9.17) is 4.74 Å². The van der Waals surface area contributed by atoms with Crippen LogP contribution >= 0.6 is 0 Å². The van der Waals surface area contributed by atoms with Crippen molar-refractivity contribution in [2.45, 2.75) is 12.8 Å². The number of hydrogen-bond donors (Lipinski definition) is 0. The minimum atomic E-state index is -1.21. The van der Waals surface area contributed by atoms with Gasteiger partial charge in [-0.25, -0.2) is 13.2 Å². The average Bonchev–Trinajstić information content (AvgIpc) is 2.61. The molecule has 3 rings (SSSR count). The van der Waals surface area contributed by atoms with Gasteiger partial charge in [-0.1, -0.05) is 0 Å². The molecule has 2 aliphatic heterocycles. The summed E-state index contributed by atoms with van der Waals surface area (Å²) in [7, 11) is 0. The summed E-state index contributed by atoms with van der Waals surface area (Å²) in [6.45, 7) is 2.62. The molecule has 0 spiro atoms. The van der Waals surface area contributed by atoms with Crippen LogP contribution in [0.1, 0.15) is 23.2 Å². The summed E-state index contributed by atoms with van der Waals surface area (Å²) >= 11 is 0. The highest BCUT2D eigenvalue weighted by Gasteiger charge is 2.32. The van der Waals surface area contributed by atoms with Crippen molar-refractivity contribution in [3.05, 3.63) is 35.1 Å². The maximum Gasteiger partial charge on any atom is 0.259 e. The Labute approximate surface area is 143 Å². The number of morpholine rings is 1. The van der Waals surface area contributed by atoms with Gasteiger partial charge in [-0.2, -0.15) is 0 Å². The van der Waals surface area contributed by atoms with Gasteiger partial charge >= 0.3 is 0 Å². The van der Waals surface area contributed by atoms with Crippen LogP contribution in [-0.4, -0.2) is 61.0 Å². The van der Waals surface area contributed by atoms with Crippen molar-refractivity contribution < 1.29 is 27.5 Å². The Kier molecular flexibility index (Phi) is 5.27. The Bertz CT molecular complexity index is 646. The standard InChI is InChI=1S/C17H19F3N2O3/c18-12-9-13(19)15(14(20)10-12)17(24)21-3-1-11(2-4-21)16(23)22-5-7-25-8-6-22/h9-11H,1-8H2. The number of carbonyl (C=O) groups excluding carboxylic acids is 2. The van der Waals surface area contributed by atoms with E-state index in [1.807, 2.05) is 0 Å². The van der Waals surface area contributed by atoms with E-state index in [0.29, 0.717) is 51.3 Å². The zero-order chi connectivity index (χ0) is 18.0. The number of rotatable bonds is 2. The van der Waals surface area contributed by atoms with E-state index in [9.17, 15) is 22.8 Å². The molecule has 0 radical (unpaired) electrons. The highest BCUT2D eigenvalue weighted by molar-refractivity contribution is 5.95. The maximum absolute atomic E-state index is 13.8. The molecule has 2 amide bonds. The minimum Gasteiger partial charge on any atom is -0.378 e. The molecular formula is C17H19F3N2O3. The second kappa shape index (κ2) is 7.43. The van der Waals surface area contributed by atoms with Crippen LogP contribution < -0.4 is 0 Å². The lowest BCUT2D eigenvalue weighted by Gasteiger charge is -2.35. The van der Waals surface area contributed by atoms with E-state index in [0.717, 1.165) is 0 Å². The monoisotopic (exact) mass is 356 g/mol. The predicted molar refractivity (Wildman–Crippen MR) is 82.3 cm³/mol. The van der Waals surface area contributed by atoms with Gasteiger partial charge in [0, 0.05) is 44.2 Å². The Morgan fingerprint density at radius 1 is 0.920 bits per heavy atom. The summed E-state index contributed by atoms with van der Waals surface area (Å²) in [5.41, 5.74) is -0.751. The van der Waals surface area contributed by atoms with Crippen LogP contribution in [0.15, 0.2) is 12.1 Å². The van der Waals surface area contributed by atoms with Crippen molar-refractivity contribution in [3.8, 4) is 0 Å². The van der Waals surface area contributed by atoms with Gasteiger partial charge in [0.05, 0.1) is 13.2 Å². The molecule has 1 aromatic carbocycles. The second-order valence-corrected chi connectivity index (χ2v) is 6.25. The topological polar surface area (TPSA) is 49.9 Å². The number of benzene rings is 1. The maximum atomic E-state index is 13.8. The van der Waals surface area contributed by atoms with Gasteiger partial charge in [-0.05, 0) is 12.8 Å². The molecular weight excluding hydrogens is 337 g/mol. The summed E-state index contributed by atoms with van der Waals surface area (Å²) in [6.07, 6.45) is 0.874. The number of carbonyl (C=O) groups is 2. The minimum absolute atomic E-state index is 0.0366. The molecule has 2 saturated heterocycles. The van der Waals surface area contributed by atoms with E-state index in [2.05, 4.69) is 0 Å². The SMILES string of the molecule is O=C(c1c(F)cc(F)cc1F)N1CCC(C(=O)N2CCOCC2)CC1. The van der Waals surface area contributed by atoms with E-state index in [1.54, 1.807) is 4.90 Å². The first kappa shape index (κ1) is 17.7. The summed E-state index contributed by atoms with van der Waals surface area (Å²) in [6, 6.07) is 0.982. The van der Waals surface area contributed by atoms with Crippen molar-refractivity contribution in [2.24, 2.45) is 5.92 Å². The second-order valence-electron chi connectivity index (χ2n) is 6.25. The number of halogens is 3. The van der Waals surface area contributed by atoms with Crippen LogP contribution in [0.3, 0.4) is 0 Å². The zero-order valence-electron chi connectivity index (χ0n) is 13.6. The summed E-state index contributed by atoms with van der Waals surface area (Å²) in [5, 5.41) is 0. The fourth-order valence-corrected chi connectivity index (χ4v) is 3.28. The van der Waals surface area contributed by atoms with Crippen LogP contribution in [-0.2, 0) is 9.53 Å². The summed E-state index contributed by atoms with van der Waals surface area (Å²) in [5.74, 6) is -4.48. The summed E-state index contributed by atoms with van der Waals surface area (Å²) < 4.78 is 45.7. The van der Waals surface area contributed by atoms with E-state index in [1.165, 1.54) is 4.90 Å². The molecule has 0 unspecified atom stereocenters. The van der Waals surface area contributed by atoms with Gasteiger partial charge in [0.1, 0.15) is 23.0 Å². The first-order valence-electron chi connectivity index (χ1n) is 8.27. The van der Waals surface area contributed by atoms with Crippen LogP contribution in [0.2, 0.25) is 0 Å². The van der Waals surface area contributed by atoms with Crippen LogP contribution in [0, 0.1) is 23.4 Å². The van der Waals surface area contributed by atoms with Gasteiger partial charge in [-0.15, -0.1) is 0 Å². The lowest BCUT2D eigenvalue weighted by molar-refractivity contribution is -0.141. The molecule has 5 nitrogen and oxygen atoms in total. The van der Waals surface area contributed by atoms with Crippen LogP contribution in [0.5, 0.6) is 0 Å².